The van der Waals surface area contributed by atoms with Crippen LogP contribution in [0.15, 0.2) is 164 Å². The molecule has 0 saturated carbocycles. The van der Waals surface area contributed by atoms with Crippen molar-refractivity contribution >= 4 is 0 Å². The topological polar surface area (TPSA) is 38.7 Å². The Morgan fingerprint density at radius 2 is 0.476 bits per heavy atom. The third-order valence-electron chi connectivity index (χ3n) is 7.32. The third kappa shape index (κ3) is 5.36. The lowest BCUT2D eigenvalue weighted by atomic mass is 9.98. The standard InChI is InChI=1S/C39H27N3/c1-4-13-28(14-5-1)31-19-10-21-33(25-31)34-22-12-24-36(27-34)39-41-37(30-17-8-3-9-18-30)40-38(42-39)35-23-11-20-32(26-35)29-15-6-2-7-16-29/h1-27H. The Morgan fingerprint density at radius 3 is 0.881 bits per heavy atom. The van der Waals surface area contributed by atoms with E-state index in [-0.39, 0.29) is 0 Å². The van der Waals surface area contributed by atoms with Crippen LogP contribution in [-0.4, -0.2) is 15.0 Å². The molecule has 7 aromatic rings. The molecule has 1 aromatic heterocycles. The molecule has 0 atom stereocenters. The molecule has 0 spiro atoms. The van der Waals surface area contributed by atoms with E-state index in [0.29, 0.717) is 17.5 Å². The van der Waals surface area contributed by atoms with Gasteiger partial charge in [0.1, 0.15) is 0 Å². The van der Waals surface area contributed by atoms with Crippen LogP contribution in [0, 0.1) is 0 Å². The highest BCUT2D eigenvalue weighted by atomic mass is 15.0. The second-order valence-electron chi connectivity index (χ2n) is 10.1. The van der Waals surface area contributed by atoms with E-state index in [1.54, 1.807) is 0 Å². The van der Waals surface area contributed by atoms with E-state index in [9.17, 15) is 0 Å². The fourth-order valence-electron chi connectivity index (χ4n) is 5.17. The van der Waals surface area contributed by atoms with Gasteiger partial charge < -0.3 is 0 Å². The number of benzene rings is 6. The van der Waals surface area contributed by atoms with Crippen molar-refractivity contribution in [3.63, 3.8) is 0 Å². The molecule has 3 heteroatoms. The lowest BCUT2D eigenvalue weighted by Crippen LogP contribution is -2.00. The summed E-state index contributed by atoms with van der Waals surface area (Å²) in [6.45, 7) is 0. The van der Waals surface area contributed by atoms with Crippen molar-refractivity contribution in [3.8, 4) is 67.5 Å². The van der Waals surface area contributed by atoms with Crippen LogP contribution in [0.3, 0.4) is 0 Å². The van der Waals surface area contributed by atoms with Crippen LogP contribution in [0.5, 0.6) is 0 Å². The van der Waals surface area contributed by atoms with Gasteiger partial charge in [0.05, 0.1) is 0 Å². The van der Waals surface area contributed by atoms with E-state index < -0.39 is 0 Å². The van der Waals surface area contributed by atoms with Crippen molar-refractivity contribution in [2.24, 2.45) is 0 Å². The molecule has 198 valence electrons. The zero-order valence-corrected chi connectivity index (χ0v) is 22.9. The molecule has 0 aliphatic rings. The van der Waals surface area contributed by atoms with E-state index in [2.05, 4.69) is 121 Å². The molecular formula is C39H27N3. The van der Waals surface area contributed by atoms with Crippen molar-refractivity contribution < 1.29 is 0 Å². The fourth-order valence-corrected chi connectivity index (χ4v) is 5.17. The first-order chi connectivity index (χ1) is 20.8. The predicted octanol–water partition coefficient (Wildman–Crippen LogP) is 9.87. The van der Waals surface area contributed by atoms with Gasteiger partial charge in [-0.3, -0.25) is 0 Å². The van der Waals surface area contributed by atoms with Crippen LogP contribution in [0.1, 0.15) is 0 Å². The van der Waals surface area contributed by atoms with Crippen LogP contribution in [-0.2, 0) is 0 Å². The molecule has 0 N–H and O–H groups in total. The van der Waals surface area contributed by atoms with Crippen molar-refractivity contribution in [1.82, 2.24) is 15.0 Å². The van der Waals surface area contributed by atoms with Gasteiger partial charge in [-0.25, -0.2) is 15.0 Å². The maximum atomic E-state index is 5.01. The van der Waals surface area contributed by atoms with Gasteiger partial charge in [0, 0.05) is 16.7 Å². The summed E-state index contributed by atoms with van der Waals surface area (Å²) in [5.41, 5.74) is 9.76. The molecule has 1 heterocycles. The van der Waals surface area contributed by atoms with Gasteiger partial charge in [-0.05, 0) is 51.6 Å². The Morgan fingerprint density at radius 1 is 0.214 bits per heavy atom. The van der Waals surface area contributed by atoms with E-state index in [1.165, 1.54) is 11.1 Å². The lowest BCUT2D eigenvalue weighted by Gasteiger charge is -2.11. The van der Waals surface area contributed by atoms with Gasteiger partial charge in [-0.15, -0.1) is 0 Å². The first kappa shape index (κ1) is 25.3. The van der Waals surface area contributed by atoms with E-state index in [0.717, 1.165) is 38.9 Å². The van der Waals surface area contributed by atoms with E-state index >= 15 is 0 Å². The number of hydrogen-bond donors (Lipinski definition) is 0. The Labute approximate surface area is 245 Å². The fraction of sp³-hybridized carbons (Fsp3) is 0. The molecule has 0 unspecified atom stereocenters. The zero-order chi connectivity index (χ0) is 28.1. The highest BCUT2D eigenvalue weighted by molar-refractivity contribution is 5.77. The molecule has 3 nitrogen and oxygen atoms in total. The number of nitrogens with zero attached hydrogens (tertiary/aromatic N) is 3. The van der Waals surface area contributed by atoms with Crippen LogP contribution in [0.2, 0.25) is 0 Å². The van der Waals surface area contributed by atoms with Gasteiger partial charge in [-0.1, -0.05) is 146 Å². The number of hydrogen-bond acceptors (Lipinski definition) is 3. The monoisotopic (exact) mass is 537 g/mol. The zero-order valence-electron chi connectivity index (χ0n) is 22.9. The van der Waals surface area contributed by atoms with Gasteiger partial charge in [0.2, 0.25) is 0 Å². The minimum Gasteiger partial charge on any atom is -0.208 e. The average molecular weight is 538 g/mol. The van der Waals surface area contributed by atoms with Gasteiger partial charge in [-0.2, -0.15) is 0 Å². The Bertz CT molecular complexity index is 1970. The van der Waals surface area contributed by atoms with Crippen LogP contribution in [0.4, 0.5) is 0 Å². The van der Waals surface area contributed by atoms with Crippen LogP contribution < -0.4 is 0 Å². The highest BCUT2D eigenvalue weighted by Gasteiger charge is 2.14. The van der Waals surface area contributed by atoms with Gasteiger partial charge in [0.25, 0.3) is 0 Å². The molecule has 0 aliphatic heterocycles. The normalized spacial score (nSPS) is 10.9. The Hall–Kier alpha value is -5.67. The number of aromatic nitrogens is 3. The van der Waals surface area contributed by atoms with Crippen molar-refractivity contribution in [2.45, 2.75) is 0 Å². The summed E-state index contributed by atoms with van der Waals surface area (Å²) < 4.78 is 0. The van der Waals surface area contributed by atoms with Crippen LogP contribution >= 0.6 is 0 Å². The summed E-state index contributed by atoms with van der Waals surface area (Å²) in [4.78, 5) is 14.9. The molecular weight excluding hydrogens is 510 g/mol. The van der Waals surface area contributed by atoms with Crippen molar-refractivity contribution in [2.75, 3.05) is 0 Å². The summed E-state index contributed by atoms with van der Waals surface area (Å²) in [5.74, 6) is 1.94. The maximum absolute atomic E-state index is 5.01. The molecule has 0 amide bonds. The summed E-state index contributed by atoms with van der Waals surface area (Å²) in [6.07, 6.45) is 0. The summed E-state index contributed by atoms with van der Waals surface area (Å²) >= 11 is 0. The van der Waals surface area contributed by atoms with Crippen LogP contribution in [0.25, 0.3) is 67.5 Å². The highest BCUT2D eigenvalue weighted by Crippen LogP contribution is 2.31. The Balaban J connectivity index is 1.33. The number of rotatable bonds is 6. The Kier molecular flexibility index (Phi) is 6.89. The van der Waals surface area contributed by atoms with E-state index in [1.807, 2.05) is 42.5 Å². The summed E-state index contributed by atoms with van der Waals surface area (Å²) in [7, 11) is 0. The maximum Gasteiger partial charge on any atom is 0.164 e. The second kappa shape index (κ2) is 11.4. The lowest BCUT2D eigenvalue weighted by molar-refractivity contribution is 1.07. The predicted molar refractivity (Wildman–Crippen MR) is 172 cm³/mol. The van der Waals surface area contributed by atoms with E-state index in [4.69, 9.17) is 15.0 Å². The minimum atomic E-state index is 0.644. The van der Waals surface area contributed by atoms with Crippen molar-refractivity contribution in [1.29, 1.82) is 0 Å². The minimum absolute atomic E-state index is 0.644. The molecule has 0 aliphatic carbocycles. The quantitative estimate of drug-likeness (QED) is 0.212. The van der Waals surface area contributed by atoms with Crippen molar-refractivity contribution in [3.05, 3.63) is 164 Å². The largest absolute Gasteiger partial charge is 0.208 e. The van der Waals surface area contributed by atoms with Gasteiger partial charge in [0.15, 0.2) is 17.5 Å². The molecule has 0 bridgehead atoms. The molecule has 42 heavy (non-hydrogen) atoms. The third-order valence-corrected chi connectivity index (χ3v) is 7.32. The first-order valence-electron chi connectivity index (χ1n) is 14.0. The summed E-state index contributed by atoms with van der Waals surface area (Å²) in [5, 5.41) is 0. The molecule has 0 radical (unpaired) electrons. The molecule has 7 rings (SSSR count). The smallest absolute Gasteiger partial charge is 0.164 e. The molecule has 6 aromatic carbocycles. The first-order valence-corrected chi connectivity index (χ1v) is 14.0. The summed E-state index contributed by atoms with van der Waals surface area (Å²) in [6, 6.07) is 56.4. The average Bonchev–Trinajstić information content (AvgIpc) is 3.09. The van der Waals surface area contributed by atoms with Gasteiger partial charge >= 0.3 is 0 Å². The molecule has 0 saturated heterocycles. The SMILES string of the molecule is c1ccc(-c2cccc(-c3cccc(-c4nc(-c5ccccc5)nc(-c5cccc(-c6ccccc6)c5)n4)c3)c2)cc1. The molecule has 0 fully saturated rings. The second-order valence-corrected chi connectivity index (χ2v) is 10.1.